The molecule has 1 atom stereocenters. The Bertz CT molecular complexity index is 437. The SMILES string of the molecule is O=S(=O)(C[C@@H]1CO1)c1ccccc1Br. The van der Waals surface area contributed by atoms with Gasteiger partial charge in [-0.3, -0.25) is 0 Å². The van der Waals surface area contributed by atoms with Crippen LogP contribution in [0.15, 0.2) is 33.6 Å². The molecule has 5 heteroatoms. The van der Waals surface area contributed by atoms with E-state index in [4.69, 9.17) is 4.74 Å². The summed E-state index contributed by atoms with van der Waals surface area (Å²) in [6.07, 6.45) is -0.105. The second kappa shape index (κ2) is 3.64. The summed E-state index contributed by atoms with van der Waals surface area (Å²) in [5, 5.41) is 0. The number of hydrogen-bond acceptors (Lipinski definition) is 3. The molecule has 1 fully saturated rings. The molecule has 0 saturated carbocycles. The first-order valence-electron chi connectivity index (χ1n) is 4.18. The Balaban J connectivity index is 2.33. The lowest BCUT2D eigenvalue weighted by Gasteiger charge is -2.03. The van der Waals surface area contributed by atoms with Crippen LogP contribution in [0.1, 0.15) is 0 Å². The lowest BCUT2D eigenvalue weighted by molar-refractivity contribution is 0.422. The topological polar surface area (TPSA) is 46.7 Å². The smallest absolute Gasteiger partial charge is 0.182 e. The minimum Gasteiger partial charge on any atom is -0.372 e. The molecule has 1 saturated heterocycles. The van der Waals surface area contributed by atoms with Gasteiger partial charge in [-0.2, -0.15) is 0 Å². The van der Waals surface area contributed by atoms with Crippen LogP contribution in [-0.4, -0.2) is 26.9 Å². The molecular formula is C9H9BrO3S. The predicted molar refractivity (Wildman–Crippen MR) is 55.9 cm³/mol. The first-order valence-corrected chi connectivity index (χ1v) is 6.63. The standard InChI is InChI=1S/C9H9BrO3S/c10-8-3-1-2-4-9(8)14(11,12)6-7-5-13-7/h1-4,7H,5-6H2/t7-/m0/s1. The summed E-state index contributed by atoms with van der Waals surface area (Å²) in [6, 6.07) is 6.82. The highest BCUT2D eigenvalue weighted by atomic mass is 79.9. The number of benzene rings is 1. The number of halogens is 1. The van der Waals surface area contributed by atoms with Gasteiger partial charge in [0.2, 0.25) is 0 Å². The number of sulfone groups is 1. The maximum Gasteiger partial charge on any atom is 0.182 e. The van der Waals surface area contributed by atoms with Gasteiger partial charge in [-0.05, 0) is 28.1 Å². The van der Waals surface area contributed by atoms with Crippen molar-refractivity contribution in [2.45, 2.75) is 11.0 Å². The summed E-state index contributed by atoms with van der Waals surface area (Å²) in [7, 11) is -3.20. The Morgan fingerprint density at radius 3 is 2.64 bits per heavy atom. The molecule has 0 radical (unpaired) electrons. The van der Waals surface area contributed by atoms with Crippen molar-refractivity contribution in [2.75, 3.05) is 12.4 Å². The van der Waals surface area contributed by atoms with Gasteiger partial charge in [0, 0.05) is 4.47 Å². The number of rotatable bonds is 3. The molecule has 0 aliphatic carbocycles. The summed E-state index contributed by atoms with van der Waals surface area (Å²) >= 11 is 3.22. The van der Waals surface area contributed by atoms with Crippen molar-refractivity contribution < 1.29 is 13.2 Å². The molecule has 1 aromatic carbocycles. The third-order valence-electron chi connectivity index (χ3n) is 1.98. The van der Waals surface area contributed by atoms with Crippen molar-refractivity contribution in [1.82, 2.24) is 0 Å². The van der Waals surface area contributed by atoms with Crippen molar-refractivity contribution in [3.8, 4) is 0 Å². The van der Waals surface area contributed by atoms with E-state index < -0.39 is 9.84 Å². The molecule has 1 heterocycles. The zero-order valence-electron chi connectivity index (χ0n) is 7.31. The summed E-state index contributed by atoms with van der Waals surface area (Å²) < 4.78 is 29.1. The molecule has 3 nitrogen and oxygen atoms in total. The zero-order valence-corrected chi connectivity index (χ0v) is 9.71. The van der Waals surface area contributed by atoms with E-state index >= 15 is 0 Å². The van der Waals surface area contributed by atoms with Crippen LogP contribution < -0.4 is 0 Å². The van der Waals surface area contributed by atoms with Crippen LogP contribution in [0.3, 0.4) is 0 Å². The van der Waals surface area contributed by atoms with Gasteiger partial charge in [0.1, 0.15) is 0 Å². The molecule has 0 bridgehead atoms. The second-order valence-electron chi connectivity index (χ2n) is 3.17. The predicted octanol–water partition coefficient (Wildman–Crippen LogP) is 1.62. The van der Waals surface area contributed by atoms with E-state index in [0.29, 0.717) is 16.0 Å². The van der Waals surface area contributed by atoms with Gasteiger partial charge in [0.15, 0.2) is 9.84 Å². The molecular weight excluding hydrogens is 268 g/mol. The summed E-state index contributed by atoms with van der Waals surface area (Å²) in [6.45, 7) is 0.559. The van der Waals surface area contributed by atoms with Crippen molar-refractivity contribution in [2.24, 2.45) is 0 Å². The van der Waals surface area contributed by atoms with Gasteiger partial charge >= 0.3 is 0 Å². The van der Waals surface area contributed by atoms with Crippen molar-refractivity contribution in [3.63, 3.8) is 0 Å². The highest BCUT2D eigenvalue weighted by molar-refractivity contribution is 9.10. The largest absolute Gasteiger partial charge is 0.372 e. The van der Waals surface area contributed by atoms with Gasteiger partial charge in [-0.1, -0.05) is 12.1 Å². The molecule has 0 amide bonds. The van der Waals surface area contributed by atoms with E-state index in [9.17, 15) is 8.42 Å². The fraction of sp³-hybridized carbons (Fsp3) is 0.333. The van der Waals surface area contributed by atoms with Gasteiger partial charge < -0.3 is 4.74 Å². The van der Waals surface area contributed by atoms with Crippen molar-refractivity contribution in [1.29, 1.82) is 0 Å². The van der Waals surface area contributed by atoms with E-state index in [-0.39, 0.29) is 11.9 Å². The third-order valence-corrected chi connectivity index (χ3v) is 4.77. The Morgan fingerprint density at radius 1 is 1.43 bits per heavy atom. The van der Waals surface area contributed by atoms with Crippen LogP contribution in [0.2, 0.25) is 0 Å². The molecule has 1 aromatic rings. The first-order chi connectivity index (χ1) is 6.59. The average Bonchev–Trinajstić information content (AvgIpc) is 2.88. The average molecular weight is 277 g/mol. The highest BCUT2D eigenvalue weighted by Gasteiger charge is 2.31. The first kappa shape index (κ1) is 10.1. The monoisotopic (exact) mass is 276 g/mol. The molecule has 0 unspecified atom stereocenters. The van der Waals surface area contributed by atoms with Crippen LogP contribution in [-0.2, 0) is 14.6 Å². The lowest BCUT2D eigenvalue weighted by Crippen LogP contribution is -2.12. The molecule has 0 N–H and O–H groups in total. The van der Waals surface area contributed by atoms with Gasteiger partial charge in [-0.25, -0.2) is 8.42 Å². The molecule has 76 valence electrons. The Labute approximate surface area is 91.1 Å². The number of epoxide rings is 1. The molecule has 2 rings (SSSR count). The quantitative estimate of drug-likeness (QED) is 0.789. The molecule has 14 heavy (non-hydrogen) atoms. The van der Waals surface area contributed by atoms with E-state index in [0.717, 1.165) is 0 Å². The van der Waals surface area contributed by atoms with Gasteiger partial charge in [0.05, 0.1) is 23.4 Å². The van der Waals surface area contributed by atoms with E-state index in [1.165, 1.54) is 0 Å². The number of hydrogen-bond donors (Lipinski definition) is 0. The van der Waals surface area contributed by atoms with E-state index in [1.807, 2.05) is 0 Å². The Morgan fingerprint density at radius 2 is 2.07 bits per heavy atom. The normalized spacial score (nSPS) is 20.8. The third kappa shape index (κ3) is 2.16. The summed E-state index contributed by atoms with van der Waals surface area (Å²) in [5.41, 5.74) is 0. The van der Waals surface area contributed by atoms with Gasteiger partial charge in [-0.15, -0.1) is 0 Å². The zero-order chi connectivity index (χ0) is 10.2. The van der Waals surface area contributed by atoms with Gasteiger partial charge in [0.25, 0.3) is 0 Å². The molecule has 1 aliphatic heterocycles. The summed E-state index contributed by atoms with van der Waals surface area (Å²) in [5.74, 6) is 0.0790. The van der Waals surface area contributed by atoms with E-state index in [1.54, 1.807) is 24.3 Å². The van der Waals surface area contributed by atoms with Crippen LogP contribution in [0.5, 0.6) is 0 Å². The van der Waals surface area contributed by atoms with Crippen molar-refractivity contribution in [3.05, 3.63) is 28.7 Å². The van der Waals surface area contributed by atoms with Crippen LogP contribution in [0, 0.1) is 0 Å². The Kier molecular flexibility index (Phi) is 2.64. The highest BCUT2D eigenvalue weighted by Crippen LogP contribution is 2.25. The minimum absolute atomic E-state index is 0.0790. The van der Waals surface area contributed by atoms with E-state index in [2.05, 4.69) is 15.9 Å². The maximum absolute atomic E-state index is 11.8. The second-order valence-corrected chi connectivity index (χ2v) is 6.02. The van der Waals surface area contributed by atoms with Crippen molar-refractivity contribution >= 4 is 25.8 Å². The van der Waals surface area contributed by atoms with Crippen LogP contribution in [0.25, 0.3) is 0 Å². The minimum atomic E-state index is -3.20. The number of ether oxygens (including phenoxy) is 1. The summed E-state index contributed by atoms with van der Waals surface area (Å²) in [4.78, 5) is 0.343. The lowest BCUT2D eigenvalue weighted by atomic mass is 10.4. The fourth-order valence-corrected chi connectivity index (χ4v) is 3.73. The molecule has 1 aliphatic rings. The van der Waals surface area contributed by atoms with Crippen LogP contribution >= 0.6 is 15.9 Å². The molecule has 0 aromatic heterocycles. The van der Waals surface area contributed by atoms with Crippen LogP contribution in [0.4, 0.5) is 0 Å². The molecule has 0 spiro atoms. The maximum atomic E-state index is 11.8. The fourth-order valence-electron chi connectivity index (χ4n) is 1.20. The Hall–Kier alpha value is -0.390.